The lowest BCUT2D eigenvalue weighted by Gasteiger charge is -2.09. The van der Waals surface area contributed by atoms with Crippen LogP contribution in [0.25, 0.3) is 49.7 Å². The summed E-state index contributed by atoms with van der Waals surface area (Å²) in [7, 11) is 0. The lowest BCUT2D eigenvalue weighted by Crippen LogP contribution is -1.93. The smallest absolute Gasteiger partial charge is 0.0547 e. The van der Waals surface area contributed by atoms with Crippen molar-refractivity contribution < 1.29 is 0 Å². The lowest BCUT2D eigenvalue weighted by atomic mass is 9.98. The topological polar surface area (TPSA) is 4.93 Å². The molecular formula is C30H20ClN. The van der Waals surface area contributed by atoms with Crippen molar-refractivity contribution in [3.63, 3.8) is 0 Å². The molecule has 0 aliphatic rings. The van der Waals surface area contributed by atoms with E-state index >= 15 is 0 Å². The molecule has 0 saturated heterocycles. The van der Waals surface area contributed by atoms with Gasteiger partial charge in [0, 0.05) is 21.5 Å². The maximum Gasteiger partial charge on any atom is 0.0547 e. The van der Waals surface area contributed by atoms with Crippen LogP contribution in [0.15, 0.2) is 121 Å². The summed E-state index contributed by atoms with van der Waals surface area (Å²) in [4.78, 5) is 0. The number of nitrogens with zero attached hydrogens (tertiary/aromatic N) is 1. The maximum absolute atomic E-state index is 6.29. The first-order valence-corrected chi connectivity index (χ1v) is 11.1. The molecule has 0 fully saturated rings. The fourth-order valence-electron chi connectivity index (χ4n) is 4.63. The average molecular weight is 430 g/mol. The molecule has 1 aromatic heterocycles. The van der Waals surface area contributed by atoms with Crippen LogP contribution in [0.4, 0.5) is 0 Å². The number of halogens is 1. The van der Waals surface area contributed by atoms with E-state index in [0.717, 1.165) is 21.8 Å². The van der Waals surface area contributed by atoms with Gasteiger partial charge in [-0.25, -0.2) is 0 Å². The number of fused-ring (bicyclic) bond motifs is 3. The first-order valence-electron chi connectivity index (χ1n) is 10.7. The number of rotatable bonds is 3. The van der Waals surface area contributed by atoms with E-state index in [9.17, 15) is 0 Å². The van der Waals surface area contributed by atoms with Gasteiger partial charge in [0.1, 0.15) is 0 Å². The molecule has 0 bridgehead atoms. The quantitative estimate of drug-likeness (QED) is 0.265. The Bertz CT molecular complexity index is 1560. The largest absolute Gasteiger partial charge is 0.309 e. The molecule has 5 aromatic carbocycles. The highest BCUT2D eigenvalue weighted by atomic mass is 35.5. The molecule has 6 rings (SSSR count). The molecule has 0 saturated carbocycles. The number of para-hydroxylation sites is 1. The average Bonchev–Trinajstić information content (AvgIpc) is 3.19. The molecule has 0 aliphatic heterocycles. The zero-order chi connectivity index (χ0) is 21.5. The Hall–Kier alpha value is -3.81. The van der Waals surface area contributed by atoms with Crippen LogP contribution < -0.4 is 0 Å². The van der Waals surface area contributed by atoms with Crippen molar-refractivity contribution in [1.29, 1.82) is 0 Å². The Kier molecular flexibility index (Phi) is 4.56. The van der Waals surface area contributed by atoms with E-state index in [1.807, 2.05) is 18.2 Å². The Balaban J connectivity index is 1.73. The summed E-state index contributed by atoms with van der Waals surface area (Å²) in [6.07, 6.45) is 0. The molecule has 0 N–H and O–H groups in total. The van der Waals surface area contributed by atoms with Crippen LogP contribution in [0.2, 0.25) is 5.02 Å². The summed E-state index contributed by atoms with van der Waals surface area (Å²) in [6.45, 7) is 0. The van der Waals surface area contributed by atoms with Crippen molar-refractivity contribution in [2.45, 2.75) is 0 Å². The molecule has 0 atom stereocenters. The Labute approximate surface area is 192 Å². The van der Waals surface area contributed by atoms with Crippen LogP contribution >= 0.6 is 11.6 Å². The minimum Gasteiger partial charge on any atom is -0.309 e. The van der Waals surface area contributed by atoms with Crippen LogP contribution in [0.3, 0.4) is 0 Å². The van der Waals surface area contributed by atoms with E-state index in [2.05, 4.69) is 108 Å². The van der Waals surface area contributed by atoms with Gasteiger partial charge in [-0.2, -0.15) is 0 Å². The van der Waals surface area contributed by atoms with Crippen LogP contribution in [-0.4, -0.2) is 4.57 Å². The standard InChI is InChI=1S/C30H20ClN/c31-24-12-7-11-22(19-24)23-17-18-27-29(20-23)32(25-13-5-2-6-14-25)28-16-8-15-26(30(27)28)21-9-3-1-4-10-21/h1-20H. The van der Waals surface area contributed by atoms with Crippen LogP contribution in [0.5, 0.6) is 0 Å². The molecule has 0 aliphatic carbocycles. The number of hydrogen-bond acceptors (Lipinski definition) is 0. The third kappa shape index (κ3) is 3.10. The second-order valence-corrected chi connectivity index (χ2v) is 8.42. The van der Waals surface area contributed by atoms with Gasteiger partial charge in [-0.05, 0) is 58.7 Å². The highest BCUT2D eigenvalue weighted by molar-refractivity contribution is 6.30. The molecule has 152 valence electrons. The van der Waals surface area contributed by atoms with Crippen molar-refractivity contribution in [3.8, 4) is 27.9 Å². The van der Waals surface area contributed by atoms with Gasteiger partial charge < -0.3 is 4.57 Å². The van der Waals surface area contributed by atoms with E-state index in [1.165, 1.54) is 32.9 Å². The molecule has 6 aromatic rings. The molecule has 1 heterocycles. The third-order valence-electron chi connectivity index (χ3n) is 6.05. The Morgan fingerprint density at radius 1 is 0.500 bits per heavy atom. The summed E-state index contributed by atoms with van der Waals surface area (Å²) >= 11 is 6.29. The molecular weight excluding hydrogens is 410 g/mol. The van der Waals surface area contributed by atoms with Crippen molar-refractivity contribution in [3.05, 3.63) is 126 Å². The zero-order valence-electron chi connectivity index (χ0n) is 17.4. The first-order chi connectivity index (χ1) is 15.8. The number of aromatic nitrogens is 1. The SMILES string of the molecule is Clc1cccc(-c2ccc3c4c(-c5ccccc5)cccc4n(-c4ccccc4)c3c2)c1. The molecule has 0 radical (unpaired) electrons. The number of hydrogen-bond donors (Lipinski definition) is 0. The second kappa shape index (κ2) is 7.71. The molecule has 0 spiro atoms. The minimum absolute atomic E-state index is 0.748. The summed E-state index contributed by atoms with van der Waals surface area (Å²) in [5.41, 5.74) is 8.29. The second-order valence-electron chi connectivity index (χ2n) is 7.98. The van der Waals surface area contributed by atoms with E-state index in [-0.39, 0.29) is 0 Å². The Morgan fingerprint density at radius 2 is 1.19 bits per heavy atom. The van der Waals surface area contributed by atoms with Crippen molar-refractivity contribution in [1.82, 2.24) is 4.57 Å². The lowest BCUT2D eigenvalue weighted by molar-refractivity contribution is 1.18. The first kappa shape index (κ1) is 18.9. The summed E-state index contributed by atoms with van der Waals surface area (Å²) in [5.74, 6) is 0. The number of benzene rings is 5. The maximum atomic E-state index is 6.29. The van der Waals surface area contributed by atoms with Crippen molar-refractivity contribution in [2.75, 3.05) is 0 Å². The van der Waals surface area contributed by atoms with Gasteiger partial charge in [-0.3, -0.25) is 0 Å². The van der Waals surface area contributed by atoms with Crippen LogP contribution in [0.1, 0.15) is 0 Å². The molecule has 0 amide bonds. The minimum atomic E-state index is 0.748. The van der Waals surface area contributed by atoms with E-state index < -0.39 is 0 Å². The highest BCUT2D eigenvalue weighted by Crippen LogP contribution is 2.40. The molecule has 32 heavy (non-hydrogen) atoms. The van der Waals surface area contributed by atoms with Crippen LogP contribution in [-0.2, 0) is 0 Å². The Morgan fingerprint density at radius 3 is 1.97 bits per heavy atom. The predicted octanol–water partition coefficient (Wildman–Crippen LogP) is 8.77. The zero-order valence-corrected chi connectivity index (χ0v) is 18.1. The third-order valence-corrected chi connectivity index (χ3v) is 6.28. The van der Waals surface area contributed by atoms with E-state index in [4.69, 9.17) is 11.6 Å². The van der Waals surface area contributed by atoms with Gasteiger partial charge in [0.25, 0.3) is 0 Å². The van der Waals surface area contributed by atoms with Gasteiger partial charge in [0.2, 0.25) is 0 Å². The van der Waals surface area contributed by atoms with Gasteiger partial charge in [0.15, 0.2) is 0 Å². The van der Waals surface area contributed by atoms with Crippen molar-refractivity contribution >= 4 is 33.4 Å². The molecule has 1 nitrogen and oxygen atoms in total. The van der Waals surface area contributed by atoms with Gasteiger partial charge >= 0.3 is 0 Å². The van der Waals surface area contributed by atoms with Crippen molar-refractivity contribution in [2.24, 2.45) is 0 Å². The van der Waals surface area contributed by atoms with Crippen LogP contribution in [0, 0.1) is 0 Å². The summed E-state index contributed by atoms with van der Waals surface area (Å²) < 4.78 is 2.37. The van der Waals surface area contributed by atoms with E-state index in [0.29, 0.717) is 0 Å². The normalized spacial score (nSPS) is 11.3. The monoisotopic (exact) mass is 429 g/mol. The van der Waals surface area contributed by atoms with E-state index in [1.54, 1.807) is 0 Å². The highest BCUT2D eigenvalue weighted by Gasteiger charge is 2.16. The molecule has 2 heteroatoms. The fraction of sp³-hybridized carbons (Fsp3) is 0. The van der Waals surface area contributed by atoms with Gasteiger partial charge in [0.05, 0.1) is 11.0 Å². The summed E-state index contributed by atoms with van der Waals surface area (Å²) in [5, 5.41) is 3.27. The molecule has 0 unspecified atom stereocenters. The van der Waals surface area contributed by atoms with Gasteiger partial charge in [-0.1, -0.05) is 96.5 Å². The summed E-state index contributed by atoms with van der Waals surface area (Å²) in [6, 6.07) is 42.6. The van der Waals surface area contributed by atoms with Gasteiger partial charge in [-0.15, -0.1) is 0 Å². The fourth-order valence-corrected chi connectivity index (χ4v) is 4.82. The predicted molar refractivity (Wildman–Crippen MR) is 137 cm³/mol.